The lowest BCUT2D eigenvalue weighted by Crippen LogP contribution is -2.08. The monoisotopic (exact) mass is 206 g/mol. The summed E-state index contributed by atoms with van der Waals surface area (Å²) in [6.07, 6.45) is 0.860. The van der Waals surface area contributed by atoms with Crippen LogP contribution in [0.5, 0.6) is 0 Å². The number of rotatable bonds is 3. The van der Waals surface area contributed by atoms with Gasteiger partial charge in [-0.05, 0) is 29.5 Å². The standard InChI is InChI=1S/C13H18O2/c1-5-10-11(9(2)3)7-6-8-12(10)13(14)15-4/h6-9H,5H2,1-4H3. The molecule has 1 rings (SSSR count). The molecule has 0 spiro atoms. The molecule has 0 aromatic heterocycles. The average Bonchev–Trinajstić information content (AvgIpc) is 2.26. The molecule has 2 heteroatoms. The van der Waals surface area contributed by atoms with Crippen LogP contribution in [0.3, 0.4) is 0 Å². The van der Waals surface area contributed by atoms with Crippen molar-refractivity contribution in [2.75, 3.05) is 7.11 Å². The van der Waals surface area contributed by atoms with Gasteiger partial charge < -0.3 is 4.74 Å². The fraction of sp³-hybridized carbons (Fsp3) is 0.462. The molecular weight excluding hydrogens is 188 g/mol. The Morgan fingerprint density at radius 3 is 2.53 bits per heavy atom. The van der Waals surface area contributed by atoms with E-state index in [1.165, 1.54) is 12.7 Å². The predicted molar refractivity (Wildman–Crippen MR) is 61.2 cm³/mol. The lowest BCUT2D eigenvalue weighted by atomic mass is 9.92. The van der Waals surface area contributed by atoms with Crippen molar-refractivity contribution in [2.24, 2.45) is 0 Å². The summed E-state index contributed by atoms with van der Waals surface area (Å²) >= 11 is 0. The second kappa shape index (κ2) is 4.96. The topological polar surface area (TPSA) is 26.3 Å². The van der Waals surface area contributed by atoms with Crippen LogP contribution < -0.4 is 0 Å². The summed E-state index contributed by atoms with van der Waals surface area (Å²) < 4.78 is 4.77. The van der Waals surface area contributed by atoms with Crippen LogP contribution in [-0.2, 0) is 11.2 Å². The highest BCUT2D eigenvalue weighted by Crippen LogP contribution is 2.23. The first-order valence-corrected chi connectivity index (χ1v) is 5.31. The van der Waals surface area contributed by atoms with Gasteiger partial charge in [-0.15, -0.1) is 0 Å². The highest BCUT2D eigenvalue weighted by molar-refractivity contribution is 5.91. The highest BCUT2D eigenvalue weighted by Gasteiger charge is 2.14. The molecule has 0 bridgehead atoms. The van der Waals surface area contributed by atoms with Crippen LogP contribution in [-0.4, -0.2) is 13.1 Å². The van der Waals surface area contributed by atoms with E-state index in [9.17, 15) is 4.79 Å². The number of esters is 1. The van der Waals surface area contributed by atoms with Gasteiger partial charge in [-0.2, -0.15) is 0 Å². The zero-order valence-electron chi connectivity index (χ0n) is 9.83. The smallest absolute Gasteiger partial charge is 0.338 e. The second-order valence-corrected chi connectivity index (χ2v) is 3.87. The van der Waals surface area contributed by atoms with Crippen molar-refractivity contribution >= 4 is 5.97 Å². The molecule has 0 saturated heterocycles. The molecule has 0 atom stereocenters. The normalized spacial score (nSPS) is 10.5. The SMILES string of the molecule is CCc1c(C(=O)OC)cccc1C(C)C. The summed E-state index contributed by atoms with van der Waals surface area (Å²) in [7, 11) is 1.42. The number of benzene rings is 1. The maximum absolute atomic E-state index is 11.5. The minimum atomic E-state index is -0.241. The molecule has 1 aromatic rings. The van der Waals surface area contributed by atoms with E-state index < -0.39 is 0 Å². The Labute approximate surface area is 91.3 Å². The first-order valence-electron chi connectivity index (χ1n) is 5.31. The molecular formula is C13H18O2. The van der Waals surface area contributed by atoms with Crippen LogP contribution >= 0.6 is 0 Å². The number of methoxy groups -OCH3 is 1. The van der Waals surface area contributed by atoms with Crippen LogP contribution in [0.2, 0.25) is 0 Å². The van der Waals surface area contributed by atoms with Gasteiger partial charge in [0.25, 0.3) is 0 Å². The molecule has 0 aliphatic heterocycles. The van der Waals surface area contributed by atoms with Crippen LogP contribution in [0, 0.1) is 0 Å². The second-order valence-electron chi connectivity index (χ2n) is 3.87. The average molecular weight is 206 g/mol. The zero-order chi connectivity index (χ0) is 11.4. The fourth-order valence-electron chi connectivity index (χ4n) is 1.84. The van der Waals surface area contributed by atoms with E-state index in [-0.39, 0.29) is 5.97 Å². The molecule has 0 heterocycles. The van der Waals surface area contributed by atoms with Crippen LogP contribution in [0.4, 0.5) is 0 Å². The fourth-order valence-corrected chi connectivity index (χ4v) is 1.84. The third-order valence-corrected chi connectivity index (χ3v) is 2.59. The lowest BCUT2D eigenvalue weighted by molar-refractivity contribution is 0.0599. The molecule has 0 radical (unpaired) electrons. The van der Waals surface area contributed by atoms with Crippen LogP contribution in [0.15, 0.2) is 18.2 Å². The Hall–Kier alpha value is -1.31. The van der Waals surface area contributed by atoms with Crippen molar-refractivity contribution in [1.29, 1.82) is 0 Å². The van der Waals surface area contributed by atoms with E-state index in [2.05, 4.69) is 26.8 Å². The zero-order valence-corrected chi connectivity index (χ0v) is 9.83. The lowest BCUT2D eigenvalue weighted by Gasteiger charge is -2.14. The van der Waals surface area contributed by atoms with Gasteiger partial charge in [-0.3, -0.25) is 0 Å². The van der Waals surface area contributed by atoms with Crippen LogP contribution in [0.25, 0.3) is 0 Å². The van der Waals surface area contributed by atoms with E-state index in [1.807, 2.05) is 12.1 Å². The molecule has 0 unspecified atom stereocenters. The molecule has 0 N–H and O–H groups in total. The van der Waals surface area contributed by atoms with Gasteiger partial charge >= 0.3 is 5.97 Å². The van der Waals surface area contributed by atoms with Gasteiger partial charge in [0.15, 0.2) is 0 Å². The van der Waals surface area contributed by atoms with Crippen molar-refractivity contribution in [1.82, 2.24) is 0 Å². The minimum absolute atomic E-state index is 0.241. The Kier molecular flexibility index (Phi) is 3.89. The number of hydrogen-bond donors (Lipinski definition) is 0. The minimum Gasteiger partial charge on any atom is -0.465 e. The maximum atomic E-state index is 11.5. The Balaban J connectivity index is 3.28. The Bertz CT molecular complexity index is 354. The highest BCUT2D eigenvalue weighted by atomic mass is 16.5. The van der Waals surface area contributed by atoms with Crippen molar-refractivity contribution in [3.63, 3.8) is 0 Å². The van der Waals surface area contributed by atoms with E-state index >= 15 is 0 Å². The van der Waals surface area contributed by atoms with Gasteiger partial charge in [0, 0.05) is 0 Å². The Morgan fingerprint density at radius 1 is 1.40 bits per heavy atom. The predicted octanol–water partition coefficient (Wildman–Crippen LogP) is 3.16. The van der Waals surface area contributed by atoms with Crippen molar-refractivity contribution in [3.8, 4) is 0 Å². The van der Waals surface area contributed by atoms with E-state index in [4.69, 9.17) is 4.74 Å². The largest absolute Gasteiger partial charge is 0.465 e. The summed E-state index contributed by atoms with van der Waals surface area (Å²) in [4.78, 5) is 11.5. The number of carbonyl (C=O) groups is 1. The third kappa shape index (κ3) is 2.38. The number of carbonyl (C=O) groups excluding carboxylic acids is 1. The summed E-state index contributed by atoms with van der Waals surface area (Å²) in [6.45, 7) is 6.33. The van der Waals surface area contributed by atoms with E-state index in [1.54, 1.807) is 0 Å². The molecule has 0 aliphatic carbocycles. The van der Waals surface area contributed by atoms with Crippen molar-refractivity contribution in [2.45, 2.75) is 33.1 Å². The maximum Gasteiger partial charge on any atom is 0.338 e. The molecule has 0 saturated carbocycles. The van der Waals surface area contributed by atoms with Crippen molar-refractivity contribution in [3.05, 3.63) is 34.9 Å². The molecule has 82 valence electrons. The van der Waals surface area contributed by atoms with E-state index in [0.717, 1.165) is 12.0 Å². The van der Waals surface area contributed by atoms with Crippen LogP contribution in [0.1, 0.15) is 48.2 Å². The first kappa shape index (κ1) is 11.8. The molecule has 15 heavy (non-hydrogen) atoms. The molecule has 1 aromatic carbocycles. The third-order valence-electron chi connectivity index (χ3n) is 2.59. The summed E-state index contributed by atoms with van der Waals surface area (Å²) in [6, 6.07) is 5.83. The summed E-state index contributed by atoms with van der Waals surface area (Å²) in [5, 5.41) is 0. The molecule has 0 fully saturated rings. The van der Waals surface area contributed by atoms with Gasteiger partial charge in [0.2, 0.25) is 0 Å². The molecule has 0 aliphatic rings. The van der Waals surface area contributed by atoms with Crippen molar-refractivity contribution < 1.29 is 9.53 Å². The van der Waals surface area contributed by atoms with Gasteiger partial charge in [0.05, 0.1) is 12.7 Å². The molecule has 0 amide bonds. The quantitative estimate of drug-likeness (QED) is 0.710. The van der Waals surface area contributed by atoms with E-state index in [0.29, 0.717) is 11.5 Å². The summed E-state index contributed by atoms with van der Waals surface area (Å²) in [5.41, 5.74) is 3.05. The van der Waals surface area contributed by atoms with Gasteiger partial charge in [-0.1, -0.05) is 32.9 Å². The van der Waals surface area contributed by atoms with Gasteiger partial charge in [-0.25, -0.2) is 4.79 Å². The number of ether oxygens (including phenoxy) is 1. The number of hydrogen-bond acceptors (Lipinski definition) is 2. The first-order chi connectivity index (χ1) is 7.11. The summed E-state index contributed by atoms with van der Waals surface area (Å²) in [5.74, 6) is 0.193. The van der Waals surface area contributed by atoms with Gasteiger partial charge in [0.1, 0.15) is 0 Å². The Morgan fingerprint density at radius 2 is 2.07 bits per heavy atom. The molecule has 2 nitrogen and oxygen atoms in total.